The lowest BCUT2D eigenvalue weighted by atomic mass is 10.0. The predicted octanol–water partition coefficient (Wildman–Crippen LogP) is 3.63. The third kappa shape index (κ3) is 4.69. The molecule has 0 aliphatic carbocycles. The Balaban J connectivity index is 2.21. The molecule has 2 rings (SSSR count). The lowest BCUT2D eigenvalue weighted by Crippen LogP contribution is -2.35. The van der Waals surface area contributed by atoms with Crippen molar-refractivity contribution in [1.82, 2.24) is 4.90 Å². The third-order valence-corrected chi connectivity index (χ3v) is 3.88. The van der Waals surface area contributed by atoms with Crippen LogP contribution < -0.4 is 0 Å². The van der Waals surface area contributed by atoms with E-state index >= 15 is 0 Å². The Morgan fingerprint density at radius 2 is 1.62 bits per heavy atom. The summed E-state index contributed by atoms with van der Waals surface area (Å²) >= 11 is 0. The number of hydrogen-bond acceptors (Lipinski definition) is 3. The van der Waals surface area contributed by atoms with Crippen LogP contribution >= 0.6 is 0 Å². The quantitative estimate of drug-likeness (QED) is 0.762. The van der Waals surface area contributed by atoms with Crippen LogP contribution in [0.25, 0.3) is 0 Å². The maximum Gasteiger partial charge on any atom is 0.325 e. The van der Waals surface area contributed by atoms with Crippen LogP contribution in [-0.4, -0.2) is 30.4 Å². The zero-order chi connectivity index (χ0) is 17.5. The number of esters is 1. The summed E-state index contributed by atoms with van der Waals surface area (Å²) in [5.74, 6) is -0.206. The van der Waals surface area contributed by atoms with Crippen molar-refractivity contribution in [2.45, 2.75) is 26.3 Å². The Labute approximate surface area is 143 Å². The minimum absolute atomic E-state index is 0.0733. The second kappa shape index (κ2) is 8.29. The van der Waals surface area contributed by atoms with E-state index in [-0.39, 0.29) is 12.5 Å². The van der Waals surface area contributed by atoms with Gasteiger partial charge in [0.15, 0.2) is 0 Å². The molecule has 4 heteroatoms. The number of carbonyl (C=O) groups is 2. The van der Waals surface area contributed by atoms with Crippen LogP contribution in [-0.2, 0) is 16.1 Å². The first kappa shape index (κ1) is 17.7. The normalized spacial score (nSPS) is 10.5. The number of hydrogen-bond donors (Lipinski definition) is 0. The molecule has 4 nitrogen and oxygen atoms in total. The van der Waals surface area contributed by atoms with Gasteiger partial charge in [0, 0.05) is 12.1 Å². The molecule has 0 atom stereocenters. The van der Waals surface area contributed by atoms with Crippen molar-refractivity contribution in [2.75, 3.05) is 13.7 Å². The van der Waals surface area contributed by atoms with Crippen molar-refractivity contribution < 1.29 is 14.3 Å². The summed E-state index contributed by atoms with van der Waals surface area (Å²) in [6, 6.07) is 17.1. The molecular weight excluding hydrogens is 302 g/mol. The molecule has 0 aliphatic heterocycles. The van der Waals surface area contributed by atoms with Gasteiger partial charge in [-0.1, -0.05) is 56.3 Å². The lowest BCUT2D eigenvalue weighted by Gasteiger charge is -2.22. The van der Waals surface area contributed by atoms with Gasteiger partial charge in [0.1, 0.15) is 6.54 Å². The van der Waals surface area contributed by atoms with Crippen LogP contribution in [0.3, 0.4) is 0 Å². The maximum absolute atomic E-state index is 12.8. The van der Waals surface area contributed by atoms with Gasteiger partial charge in [-0.15, -0.1) is 0 Å². The molecular formula is C20H23NO3. The summed E-state index contributed by atoms with van der Waals surface area (Å²) in [5.41, 5.74) is 2.71. The van der Waals surface area contributed by atoms with Crippen LogP contribution in [0.5, 0.6) is 0 Å². The Bertz CT molecular complexity index is 678. The molecule has 24 heavy (non-hydrogen) atoms. The van der Waals surface area contributed by atoms with E-state index in [0.717, 1.165) is 5.56 Å². The Morgan fingerprint density at radius 3 is 2.17 bits per heavy atom. The molecule has 2 aromatic rings. The van der Waals surface area contributed by atoms with Gasteiger partial charge in [0.2, 0.25) is 0 Å². The van der Waals surface area contributed by atoms with E-state index in [2.05, 4.69) is 13.8 Å². The number of methoxy groups -OCH3 is 1. The summed E-state index contributed by atoms with van der Waals surface area (Å²) in [5, 5.41) is 0. The van der Waals surface area contributed by atoms with E-state index in [1.807, 2.05) is 54.6 Å². The van der Waals surface area contributed by atoms with E-state index < -0.39 is 5.97 Å². The molecule has 0 fully saturated rings. The van der Waals surface area contributed by atoms with Crippen molar-refractivity contribution in [2.24, 2.45) is 0 Å². The average molecular weight is 325 g/mol. The molecule has 0 bridgehead atoms. The molecule has 0 heterocycles. The minimum Gasteiger partial charge on any atom is -0.468 e. The van der Waals surface area contributed by atoms with Gasteiger partial charge in [-0.05, 0) is 29.2 Å². The van der Waals surface area contributed by atoms with Crippen LogP contribution in [0.2, 0.25) is 0 Å². The Hall–Kier alpha value is -2.62. The average Bonchev–Trinajstić information content (AvgIpc) is 2.61. The first-order valence-electron chi connectivity index (χ1n) is 8.01. The van der Waals surface area contributed by atoms with Crippen molar-refractivity contribution >= 4 is 11.9 Å². The molecule has 0 radical (unpaired) electrons. The minimum atomic E-state index is -0.432. The molecule has 0 spiro atoms. The van der Waals surface area contributed by atoms with Gasteiger partial charge in [-0.3, -0.25) is 9.59 Å². The molecule has 0 aromatic heterocycles. The first-order valence-corrected chi connectivity index (χ1v) is 8.01. The monoisotopic (exact) mass is 325 g/mol. The molecule has 2 aromatic carbocycles. The number of amides is 1. The zero-order valence-corrected chi connectivity index (χ0v) is 14.4. The van der Waals surface area contributed by atoms with Gasteiger partial charge < -0.3 is 9.64 Å². The summed E-state index contributed by atoms with van der Waals surface area (Å²) in [6.45, 7) is 4.50. The molecule has 0 aliphatic rings. The second-order valence-electron chi connectivity index (χ2n) is 6.00. The van der Waals surface area contributed by atoms with Gasteiger partial charge in [-0.25, -0.2) is 0 Å². The van der Waals surface area contributed by atoms with Gasteiger partial charge >= 0.3 is 5.97 Å². The summed E-state index contributed by atoms with van der Waals surface area (Å²) < 4.78 is 4.72. The highest BCUT2D eigenvalue weighted by Gasteiger charge is 2.19. The highest BCUT2D eigenvalue weighted by Crippen LogP contribution is 2.16. The standard InChI is InChI=1S/C20H23NO3/c1-15(2)17-9-11-18(12-10-17)20(23)21(14-19(22)24-3)13-16-7-5-4-6-8-16/h4-12,15H,13-14H2,1-3H3. The van der Waals surface area contributed by atoms with Gasteiger partial charge in [0.25, 0.3) is 5.91 Å². The maximum atomic E-state index is 12.8. The highest BCUT2D eigenvalue weighted by molar-refractivity contribution is 5.96. The zero-order valence-electron chi connectivity index (χ0n) is 14.4. The van der Waals surface area contributed by atoms with Crippen LogP contribution in [0.1, 0.15) is 41.3 Å². The fourth-order valence-corrected chi connectivity index (χ4v) is 2.42. The van der Waals surface area contributed by atoms with Crippen LogP contribution in [0, 0.1) is 0 Å². The van der Waals surface area contributed by atoms with E-state index in [1.54, 1.807) is 0 Å². The first-order chi connectivity index (χ1) is 11.5. The molecule has 0 saturated carbocycles. The molecule has 126 valence electrons. The number of ether oxygens (including phenoxy) is 1. The molecule has 0 unspecified atom stereocenters. The van der Waals surface area contributed by atoms with Gasteiger partial charge in [-0.2, -0.15) is 0 Å². The summed E-state index contributed by atoms with van der Waals surface area (Å²) in [7, 11) is 1.32. The van der Waals surface area contributed by atoms with Crippen molar-refractivity contribution in [1.29, 1.82) is 0 Å². The SMILES string of the molecule is COC(=O)CN(Cc1ccccc1)C(=O)c1ccc(C(C)C)cc1. The van der Waals surface area contributed by atoms with E-state index in [9.17, 15) is 9.59 Å². The third-order valence-electron chi connectivity index (χ3n) is 3.88. The number of carbonyl (C=O) groups excluding carboxylic acids is 2. The van der Waals surface area contributed by atoms with Crippen LogP contribution in [0.4, 0.5) is 0 Å². The summed E-state index contributed by atoms with van der Waals surface area (Å²) in [4.78, 5) is 26.0. The van der Waals surface area contributed by atoms with E-state index in [0.29, 0.717) is 18.0 Å². The number of rotatable bonds is 6. The summed E-state index contributed by atoms with van der Waals surface area (Å²) in [6.07, 6.45) is 0. The molecule has 1 amide bonds. The second-order valence-corrected chi connectivity index (χ2v) is 6.00. The Kier molecular flexibility index (Phi) is 6.13. The fourth-order valence-electron chi connectivity index (χ4n) is 2.42. The van der Waals surface area contributed by atoms with Crippen molar-refractivity contribution in [3.05, 3.63) is 71.3 Å². The lowest BCUT2D eigenvalue weighted by molar-refractivity contribution is -0.141. The number of benzene rings is 2. The molecule has 0 saturated heterocycles. The topological polar surface area (TPSA) is 46.6 Å². The Morgan fingerprint density at radius 1 is 1.00 bits per heavy atom. The fraction of sp³-hybridized carbons (Fsp3) is 0.300. The smallest absolute Gasteiger partial charge is 0.325 e. The predicted molar refractivity (Wildman–Crippen MR) is 93.7 cm³/mol. The number of nitrogens with zero attached hydrogens (tertiary/aromatic N) is 1. The van der Waals surface area contributed by atoms with Crippen LogP contribution in [0.15, 0.2) is 54.6 Å². The van der Waals surface area contributed by atoms with Crippen molar-refractivity contribution in [3.8, 4) is 0 Å². The van der Waals surface area contributed by atoms with E-state index in [4.69, 9.17) is 4.74 Å². The highest BCUT2D eigenvalue weighted by atomic mass is 16.5. The van der Waals surface area contributed by atoms with Gasteiger partial charge in [0.05, 0.1) is 7.11 Å². The molecule has 0 N–H and O–H groups in total. The van der Waals surface area contributed by atoms with E-state index in [1.165, 1.54) is 17.6 Å². The largest absolute Gasteiger partial charge is 0.468 e. The van der Waals surface area contributed by atoms with Crippen molar-refractivity contribution in [3.63, 3.8) is 0 Å².